The Morgan fingerprint density at radius 2 is 1.81 bits per heavy atom. The van der Waals surface area contributed by atoms with Crippen molar-refractivity contribution in [3.63, 3.8) is 0 Å². The van der Waals surface area contributed by atoms with E-state index in [0.29, 0.717) is 18.2 Å². The number of rotatable bonds is 4. The van der Waals surface area contributed by atoms with Crippen molar-refractivity contribution in [2.75, 3.05) is 6.54 Å². The predicted octanol–water partition coefficient (Wildman–Crippen LogP) is 4.17. The van der Waals surface area contributed by atoms with E-state index >= 15 is 0 Å². The lowest BCUT2D eigenvalue weighted by atomic mass is 10.0. The molecule has 21 heavy (non-hydrogen) atoms. The van der Waals surface area contributed by atoms with E-state index in [-0.39, 0.29) is 0 Å². The maximum atomic E-state index is 13.8. The molecule has 1 heterocycles. The van der Waals surface area contributed by atoms with Crippen LogP contribution in [0.25, 0.3) is 0 Å². The van der Waals surface area contributed by atoms with Crippen LogP contribution >= 0.6 is 0 Å². The molecule has 1 atom stereocenters. The van der Waals surface area contributed by atoms with E-state index in [1.165, 1.54) is 11.6 Å². The lowest BCUT2D eigenvalue weighted by Gasteiger charge is -2.25. The van der Waals surface area contributed by atoms with Crippen LogP contribution in [0.3, 0.4) is 0 Å². The van der Waals surface area contributed by atoms with Crippen molar-refractivity contribution in [3.05, 3.63) is 71.3 Å². The first-order chi connectivity index (χ1) is 10.2. The Morgan fingerprint density at radius 3 is 2.62 bits per heavy atom. The summed E-state index contributed by atoms with van der Waals surface area (Å²) in [4.78, 5) is 2.27. The van der Waals surface area contributed by atoms with Gasteiger partial charge in [-0.25, -0.2) is 8.78 Å². The lowest BCUT2D eigenvalue weighted by molar-refractivity contribution is 0.239. The van der Waals surface area contributed by atoms with Gasteiger partial charge < -0.3 is 0 Å². The first-order valence-electron chi connectivity index (χ1n) is 7.45. The van der Waals surface area contributed by atoms with Gasteiger partial charge in [0.2, 0.25) is 0 Å². The molecule has 0 N–H and O–H groups in total. The number of hydrogen-bond donors (Lipinski definition) is 0. The summed E-state index contributed by atoms with van der Waals surface area (Å²) in [7, 11) is 0. The average molecular weight is 287 g/mol. The third-order valence-corrected chi connectivity index (χ3v) is 4.22. The SMILES string of the molecule is Fc1cccc(CN2CCC[C@@H]2Cc2ccccc2)c1F. The topological polar surface area (TPSA) is 3.24 Å². The Kier molecular flexibility index (Phi) is 4.30. The molecule has 0 unspecified atom stereocenters. The number of benzene rings is 2. The molecule has 1 aliphatic rings. The maximum Gasteiger partial charge on any atom is 0.163 e. The van der Waals surface area contributed by atoms with E-state index in [1.54, 1.807) is 12.1 Å². The molecule has 110 valence electrons. The molecule has 0 saturated carbocycles. The first kappa shape index (κ1) is 14.2. The van der Waals surface area contributed by atoms with Gasteiger partial charge in [0.15, 0.2) is 11.6 Å². The van der Waals surface area contributed by atoms with Gasteiger partial charge in [-0.2, -0.15) is 0 Å². The minimum Gasteiger partial charge on any atom is -0.296 e. The largest absolute Gasteiger partial charge is 0.296 e. The Labute approximate surface area is 124 Å². The molecule has 2 aromatic carbocycles. The van der Waals surface area contributed by atoms with Crippen LogP contribution in [-0.2, 0) is 13.0 Å². The molecule has 0 radical (unpaired) electrons. The molecule has 1 nitrogen and oxygen atoms in total. The molecule has 1 aliphatic heterocycles. The van der Waals surface area contributed by atoms with Crippen LogP contribution < -0.4 is 0 Å². The maximum absolute atomic E-state index is 13.8. The molecule has 0 bridgehead atoms. The molecular formula is C18H19F2N. The second kappa shape index (κ2) is 6.35. The Balaban J connectivity index is 1.71. The number of likely N-dealkylation sites (tertiary alicyclic amines) is 1. The zero-order valence-corrected chi connectivity index (χ0v) is 11.9. The first-order valence-corrected chi connectivity index (χ1v) is 7.45. The van der Waals surface area contributed by atoms with Gasteiger partial charge in [-0.15, -0.1) is 0 Å². The summed E-state index contributed by atoms with van der Waals surface area (Å²) >= 11 is 0. The zero-order valence-electron chi connectivity index (χ0n) is 11.9. The summed E-state index contributed by atoms with van der Waals surface area (Å²) in [5.41, 5.74) is 1.75. The summed E-state index contributed by atoms with van der Waals surface area (Å²) in [6.45, 7) is 1.44. The highest BCUT2D eigenvalue weighted by Crippen LogP contribution is 2.24. The number of nitrogens with zero attached hydrogens (tertiary/aromatic N) is 1. The highest BCUT2D eigenvalue weighted by atomic mass is 19.2. The van der Waals surface area contributed by atoms with Crippen molar-refractivity contribution >= 4 is 0 Å². The summed E-state index contributed by atoms with van der Waals surface area (Å²) in [5.74, 6) is -1.46. The molecule has 0 aliphatic carbocycles. The molecule has 0 spiro atoms. The van der Waals surface area contributed by atoms with Crippen molar-refractivity contribution < 1.29 is 8.78 Å². The molecule has 0 aromatic heterocycles. The lowest BCUT2D eigenvalue weighted by Crippen LogP contribution is -2.31. The second-order valence-corrected chi connectivity index (χ2v) is 5.67. The van der Waals surface area contributed by atoms with Crippen LogP contribution in [0.2, 0.25) is 0 Å². The van der Waals surface area contributed by atoms with Crippen molar-refractivity contribution in [1.82, 2.24) is 4.90 Å². The van der Waals surface area contributed by atoms with Gasteiger partial charge in [0.25, 0.3) is 0 Å². The van der Waals surface area contributed by atoms with Gasteiger partial charge in [-0.1, -0.05) is 42.5 Å². The smallest absolute Gasteiger partial charge is 0.163 e. The highest BCUT2D eigenvalue weighted by molar-refractivity contribution is 5.20. The minimum atomic E-state index is -0.758. The van der Waals surface area contributed by atoms with Gasteiger partial charge >= 0.3 is 0 Å². The van der Waals surface area contributed by atoms with E-state index in [0.717, 1.165) is 25.8 Å². The summed E-state index contributed by atoms with van der Waals surface area (Å²) < 4.78 is 27.1. The van der Waals surface area contributed by atoms with E-state index in [2.05, 4.69) is 17.0 Å². The molecule has 3 rings (SSSR count). The zero-order chi connectivity index (χ0) is 14.7. The fourth-order valence-corrected chi connectivity index (χ4v) is 3.11. The van der Waals surface area contributed by atoms with E-state index in [9.17, 15) is 8.78 Å². The monoisotopic (exact) mass is 287 g/mol. The minimum absolute atomic E-state index is 0.412. The standard InChI is InChI=1S/C18H19F2N/c19-17-10-4-8-15(18(17)20)13-21-11-5-9-16(21)12-14-6-2-1-3-7-14/h1-4,6-8,10,16H,5,9,11-13H2/t16-/m1/s1. The predicted molar refractivity (Wildman–Crippen MR) is 79.9 cm³/mol. The average Bonchev–Trinajstić information content (AvgIpc) is 2.92. The van der Waals surface area contributed by atoms with Crippen LogP contribution in [0.15, 0.2) is 48.5 Å². The molecule has 3 heteroatoms. The molecule has 2 aromatic rings. The van der Waals surface area contributed by atoms with Gasteiger partial charge in [-0.3, -0.25) is 4.90 Å². The van der Waals surface area contributed by atoms with Crippen LogP contribution in [-0.4, -0.2) is 17.5 Å². The highest BCUT2D eigenvalue weighted by Gasteiger charge is 2.25. The third kappa shape index (κ3) is 3.30. The molecule has 1 fully saturated rings. The third-order valence-electron chi connectivity index (χ3n) is 4.22. The second-order valence-electron chi connectivity index (χ2n) is 5.67. The summed E-state index contributed by atoms with van der Waals surface area (Å²) in [5, 5.41) is 0. The van der Waals surface area contributed by atoms with Crippen LogP contribution in [0.5, 0.6) is 0 Å². The molecule has 1 saturated heterocycles. The molecular weight excluding hydrogens is 268 g/mol. The van der Waals surface area contributed by atoms with Crippen molar-refractivity contribution in [2.24, 2.45) is 0 Å². The van der Waals surface area contributed by atoms with Crippen LogP contribution in [0.1, 0.15) is 24.0 Å². The van der Waals surface area contributed by atoms with Crippen molar-refractivity contribution in [3.8, 4) is 0 Å². The van der Waals surface area contributed by atoms with Crippen LogP contribution in [0, 0.1) is 11.6 Å². The Morgan fingerprint density at radius 1 is 1.00 bits per heavy atom. The Bertz CT molecular complexity index is 597. The quantitative estimate of drug-likeness (QED) is 0.815. The van der Waals surface area contributed by atoms with E-state index in [1.807, 2.05) is 18.2 Å². The van der Waals surface area contributed by atoms with Gasteiger partial charge in [0.1, 0.15) is 0 Å². The normalized spacial score (nSPS) is 19.0. The fraction of sp³-hybridized carbons (Fsp3) is 0.333. The van der Waals surface area contributed by atoms with E-state index in [4.69, 9.17) is 0 Å². The van der Waals surface area contributed by atoms with E-state index < -0.39 is 11.6 Å². The Hall–Kier alpha value is -1.74. The van der Waals surface area contributed by atoms with Gasteiger partial charge in [-0.05, 0) is 37.4 Å². The van der Waals surface area contributed by atoms with Crippen LogP contribution in [0.4, 0.5) is 8.78 Å². The summed E-state index contributed by atoms with van der Waals surface area (Å²) in [6, 6.07) is 15.2. The molecule has 0 amide bonds. The van der Waals surface area contributed by atoms with Crippen molar-refractivity contribution in [2.45, 2.75) is 31.8 Å². The number of halogens is 2. The van der Waals surface area contributed by atoms with Crippen molar-refractivity contribution in [1.29, 1.82) is 0 Å². The summed E-state index contributed by atoms with van der Waals surface area (Å²) in [6.07, 6.45) is 3.21. The van der Waals surface area contributed by atoms with Gasteiger partial charge in [0.05, 0.1) is 0 Å². The fourth-order valence-electron chi connectivity index (χ4n) is 3.11. The number of hydrogen-bond acceptors (Lipinski definition) is 1. The van der Waals surface area contributed by atoms with Gasteiger partial charge in [0, 0.05) is 18.2 Å².